The number of morpholine rings is 1. The second kappa shape index (κ2) is 9.28. The SMILES string of the molecule is CC(C)CCNC(=O)C(C)NCCN1CCOCC1. The van der Waals surface area contributed by atoms with Gasteiger partial charge in [-0.15, -0.1) is 0 Å². The van der Waals surface area contributed by atoms with Gasteiger partial charge >= 0.3 is 0 Å². The Morgan fingerprint density at radius 1 is 1.21 bits per heavy atom. The van der Waals surface area contributed by atoms with Gasteiger partial charge in [-0.25, -0.2) is 0 Å². The summed E-state index contributed by atoms with van der Waals surface area (Å²) in [5, 5.41) is 6.24. The summed E-state index contributed by atoms with van der Waals surface area (Å²) in [5.41, 5.74) is 0. The maximum Gasteiger partial charge on any atom is 0.236 e. The Morgan fingerprint density at radius 3 is 2.53 bits per heavy atom. The first kappa shape index (κ1) is 16.4. The minimum Gasteiger partial charge on any atom is -0.379 e. The van der Waals surface area contributed by atoms with E-state index in [4.69, 9.17) is 4.74 Å². The number of carbonyl (C=O) groups is 1. The predicted octanol–water partition coefficient (Wildman–Crippen LogP) is 0.459. The summed E-state index contributed by atoms with van der Waals surface area (Å²) in [7, 11) is 0. The van der Waals surface area contributed by atoms with E-state index in [9.17, 15) is 4.79 Å². The number of hydrogen-bond acceptors (Lipinski definition) is 4. The van der Waals surface area contributed by atoms with Crippen LogP contribution in [0.4, 0.5) is 0 Å². The molecule has 112 valence electrons. The van der Waals surface area contributed by atoms with Gasteiger partial charge in [-0.05, 0) is 19.3 Å². The molecule has 0 aromatic heterocycles. The number of amides is 1. The van der Waals surface area contributed by atoms with E-state index >= 15 is 0 Å². The minimum absolute atomic E-state index is 0.0997. The summed E-state index contributed by atoms with van der Waals surface area (Å²) in [6, 6.07) is -0.117. The fourth-order valence-electron chi connectivity index (χ4n) is 1.99. The van der Waals surface area contributed by atoms with E-state index in [1.54, 1.807) is 0 Å². The summed E-state index contributed by atoms with van der Waals surface area (Å²) >= 11 is 0. The first-order chi connectivity index (χ1) is 9.09. The summed E-state index contributed by atoms with van der Waals surface area (Å²) in [4.78, 5) is 14.2. The zero-order chi connectivity index (χ0) is 14.1. The molecule has 1 heterocycles. The van der Waals surface area contributed by atoms with Crippen molar-refractivity contribution in [1.82, 2.24) is 15.5 Å². The lowest BCUT2D eigenvalue weighted by atomic mass is 10.1. The van der Waals surface area contributed by atoms with Crippen LogP contribution >= 0.6 is 0 Å². The van der Waals surface area contributed by atoms with Crippen LogP contribution < -0.4 is 10.6 Å². The third kappa shape index (κ3) is 7.50. The van der Waals surface area contributed by atoms with Crippen LogP contribution in [0.3, 0.4) is 0 Å². The van der Waals surface area contributed by atoms with Gasteiger partial charge < -0.3 is 15.4 Å². The fourth-order valence-corrected chi connectivity index (χ4v) is 1.99. The Kier molecular flexibility index (Phi) is 8.02. The highest BCUT2D eigenvalue weighted by Crippen LogP contribution is 1.97. The number of ether oxygens (including phenoxy) is 1. The molecular formula is C14H29N3O2. The van der Waals surface area contributed by atoms with Crippen LogP contribution in [0.1, 0.15) is 27.2 Å². The Bertz CT molecular complexity index is 253. The first-order valence-electron chi connectivity index (χ1n) is 7.40. The number of nitrogens with one attached hydrogen (secondary N) is 2. The van der Waals surface area contributed by atoms with E-state index in [2.05, 4.69) is 29.4 Å². The van der Waals surface area contributed by atoms with Crippen LogP contribution in [0.15, 0.2) is 0 Å². The molecule has 19 heavy (non-hydrogen) atoms. The largest absolute Gasteiger partial charge is 0.379 e. The Balaban J connectivity index is 2.05. The lowest BCUT2D eigenvalue weighted by Crippen LogP contribution is -2.46. The van der Waals surface area contributed by atoms with Crippen molar-refractivity contribution in [2.75, 3.05) is 45.9 Å². The Hall–Kier alpha value is -0.650. The second-order valence-electron chi connectivity index (χ2n) is 5.60. The zero-order valence-electron chi connectivity index (χ0n) is 12.6. The average molecular weight is 271 g/mol. The monoisotopic (exact) mass is 271 g/mol. The van der Waals surface area contributed by atoms with Crippen LogP contribution in [-0.4, -0.2) is 62.8 Å². The third-order valence-corrected chi connectivity index (χ3v) is 3.40. The molecule has 1 aliphatic rings. The number of carbonyl (C=O) groups excluding carboxylic acids is 1. The van der Waals surface area contributed by atoms with Crippen molar-refractivity contribution in [2.24, 2.45) is 5.92 Å². The normalized spacial score (nSPS) is 18.5. The molecule has 5 nitrogen and oxygen atoms in total. The smallest absolute Gasteiger partial charge is 0.236 e. The van der Waals surface area contributed by atoms with Gasteiger partial charge in [-0.2, -0.15) is 0 Å². The molecule has 2 N–H and O–H groups in total. The van der Waals surface area contributed by atoms with Crippen molar-refractivity contribution in [3.05, 3.63) is 0 Å². The van der Waals surface area contributed by atoms with Crippen LogP contribution in [0.25, 0.3) is 0 Å². The molecule has 0 aliphatic carbocycles. The van der Waals surface area contributed by atoms with Crippen molar-refractivity contribution < 1.29 is 9.53 Å². The van der Waals surface area contributed by atoms with Crippen molar-refractivity contribution in [1.29, 1.82) is 0 Å². The molecule has 5 heteroatoms. The molecule has 0 aromatic carbocycles. The van der Waals surface area contributed by atoms with Gasteiger partial charge in [-0.1, -0.05) is 13.8 Å². The van der Waals surface area contributed by atoms with Gasteiger partial charge in [0, 0.05) is 32.7 Å². The molecule has 1 saturated heterocycles. The average Bonchev–Trinajstić information content (AvgIpc) is 2.39. The van der Waals surface area contributed by atoms with Crippen molar-refractivity contribution in [2.45, 2.75) is 33.2 Å². The lowest BCUT2D eigenvalue weighted by Gasteiger charge is -2.27. The van der Waals surface area contributed by atoms with Crippen molar-refractivity contribution in [3.63, 3.8) is 0 Å². The van der Waals surface area contributed by atoms with Crippen molar-refractivity contribution in [3.8, 4) is 0 Å². The molecule has 1 amide bonds. The van der Waals surface area contributed by atoms with Crippen LogP contribution in [0.2, 0.25) is 0 Å². The molecule has 0 radical (unpaired) electrons. The van der Waals surface area contributed by atoms with Gasteiger partial charge in [0.15, 0.2) is 0 Å². The molecule has 0 aromatic rings. The summed E-state index contributed by atoms with van der Waals surface area (Å²) in [6.07, 6.45) is 1.03. The summed E-state index contributed by atoms with van der Waals surface area (Å²) in [6.45, 7) is 12.5. The highest BCUT2D eigenvalue weighted by atomic mass is 16.5. The maximum absolute atomic E-state index is 11.8. The van der Waals surface area contributed by atoms with Crippen molar-refractivity contribution >= 4 is 5.91 Å². The van der Waals surface area contributed by atoms with Gasteiger partial charge in [0.05, 0.1) is 19.3 Å². The summed E-state index contributed by atoms with van der Waals surface area (Å²) in [5.74, 6) is 0.729. The van der Waals surface area contributed by atoms with Crippen LogP contribution in [0.5, 0.6) is 0 Å². The maximum atomic E-state index is 11.8. The Morgan fingerprint density at radius 2 is 1.89 bits per heavy atom. The fraction of sp³-hybridized carbons (Fsp3) is 0.929. The topological polar surface area (TPSA) is 53.6 Å². The molecule has 1 fully saturated rings. The lowest BCUT2D eigenvalue weighted by molar-refractivity contribution is -0.122. The van der Waals surface area contributed by atoms with E-state index in [1.165, 1.54) is 0 Å². The van der Waals surface area contributed by atoms with Crippen LogP contribution in [0, 0.1) is 5.92 Å². The molecule has 0 spiro atoms. The minimum atomic E-state index is -0.117. The second-order valence-corrected chi connectivity index (χ2v) is 5.60. The van der Waals surface area contributed by atoms with E-state index in [-0.39, 0.29) is 11.9 Å². The number of hydrogen-bond donors (Lipinski definition) is 2. The first-order valence-corrected chi connectivity index (χ1v) is 7.40. The van der Waals surface area contributed by atoms with E-state index in [0.29, 0.717) is 5.92 Å². The van der Waals surface area contributed by atoms with Gasteiger partial charge in [0.2, 0.25) is 5.91 Å². The highest BCUT2D eigenvalue weighted by Gasteiger charge is 2.13. The molecule has 1 unspecified atom stereocenters. The highest BCUT2D eigenvalue weighted by molar-refractivity contribution is 5.81. The molecule has 1 rings (SSSR count). The van der Waals surface area contributed by atoms with Gasteiger partial charge in [-0.3, -0.25) is 9.69 Å². The quantitative estimate of drug-likeness (QED) is 0.673. The van der Waals surface area contributed by atoms with E-state index < -0.39 is 0 Å². The molecule has 0 bridgehead atoms. The van der Waals surface area contributed by atoms with Gasteiger partial charge in [0.1, 0.15) is 0 Å². The van der Waals surface area contributed by atoms with E-state index in [1.807, 2.05) is 6.92 Å². The van der Waals surface area contributed by atoms with Gasteiger partial charge in [0.25, 0.3) is 0 Å². The number of rotatable bonds is 8. The van der Waals surface area contributed by atoms with E-state index in [0.717, 1.165) is 52.4 Å². The van der Waals surface area contributed by atoms with Crippen LogP contribution in [-0.2, 0) is 9.53 Å². The predicted molar refractivity (Wildman–Crippen MR) is 77.2 cm³/mol. The molecular weight excluding hydrogens is 242 g/mol. The third-order valence-electron chi connectivity index (χ3n) is 3.40. The Labute approximate surface area is 117 Å². The summed E-state index contributed by atoms with van der Waals surface area (Å²) < 4.78 is 5.30. The number of nitrogens with zero attached hydrogens (tertiary/aromatic N) is 1. The molecule has 1 aliphatic heterocycles. The zero-order valence-corrected chi connectivity index (χ0v) is 12.6. The molecule has 0 saturated carbocycles. The standard InChI is InChI=1S/C14H29N3O2/c1-12(2)4-5-16-14(18)13(3)15-6-7-17-8-10-19-11-9-17/h12-13,15H,4-11H2,1-3H3,(H,16,18). The molecule has 1 atom stereocenters.